The van der Waals surface area contributed by atoms with Gasteiger partial charge in [-0.05, 0) is 63.1 Å². The number of ether oxygens (including phenoxy) is 1. The van der Waals surface area contributed by atoms with E-state index in [1.807, 2.05) is 6.07 Å². The molecule has 0 heterocycles. The van der Waals surface area contributed by atoms with Gasteiger partial charge in [-0.1, -0.05) is 17.7 Å². The van der Waals surface area contributed by atoms with E-state index in [1.165, 1.54) is 38.1 Å². The van der Waals surface area contributed by atoms with Gasteiger partial charge >= 0.3 is 0 Å². The topological polar surface area (TPSA) is 84.5 Å². The van der Waals surface area contributed by atoms with Crippen molar-refractivity contribution in [1.82, 2.24) is 4.72 Å². The second-order valence-electron chi connectivity index (χ2n) is 6.36. The van der Waals surface area contributed by atoms with E-state index in [-0.39, 0.29) is 21.6 Å². The van der Waals surface area contributed by atoms with Crippen LogP contribution in [0.2, 0.25) is 5.02 Å². The second-order valence-corrected chi connectivity index (χ2v) is 8.65. The number of benzene rings is 2. The number of nitrogens with one attached hydrogen (secondary N) is 2. The zero-order valence-electron chi connectivity index (χ0n) is 14.9. The van der Waals surface area contributed by atoms with Crippen molar-refractivity contribution in [3.05, 3.63) is 53.1 Å². The summed E-state index contributed by atoms with van der Waals surface area (Å²) in [5.41, 5.74) is 0.628. The summed E-state index contributed by atoms with van der Waals surface area (Å²) in [6, 6.07) is 11.1. The Morgan fingerprint density at radius 3 is 2.59 bits per heavy atom. The van der Waals surface area contributed by atoms with E-state index in [2.05, 4.69) is 10.0 Å². The van der Waals surface area contributed by atoms with Crippen molar-refractivity contribution in [2.45, 2.75) is 36.7 Å². The molecule has 0 radical (unpaired) electrons. The van der Waals surface area contributed by atoms with Crippen molar-refractivity contribution in [3.63, 3.8) is 0 Å². The Hall–Kier alpha value is -2.09. The first-order valence-electron chi connectivity index (χ1n) is 8.70. The van der Waals surface area contributed by atoms with Crippen molar-refractivity contribution < 1.29 is 17.9 Å². The monoisotopic (exact) mass is 408 g/mol. The van der Waals surface area contributed by atoms with Gasteiger partial charge in [0.05, 0.1) is 21.6 Å². The zero-order valence-corrected chi connectivity index (χ0v) is 16.4. The van der Waals surface area contributed by atoms with E-state index >= 15 is 0 Å². The van der Waals surface area contributed by atoms with Crippen molar-refractivity contribution in [1.29, 1.82) is 0 Å². The summed E-state index contributed by atoms with van der Waals surface area (Å²) >= 11 is 6.09. The molecule has 0 atom stereocenters. The third-order valence-electron chi connectivity index (χ3n) is 4.46. The molecule has 1 amide bonds. The molecule has 0 spiro atoms. The molecule has 3 rings (SSSR count). The smallest absolute Gasteiger partial charge is 0.257 e. The second kappa shape index (κ2) is 8.29. The summed E-state index contributed by atoms with van der Waals surface area (Å²) in [7, 11) is -2.37. The number of sulfonamides is 1. The quantitative estimate of drug-likeness (QED) is 0.760. The molecule has 0 saturated heterocycles. The Morgan fingerprint density at radius 1 is 1.15 bits per heavy atom. The maximum absolute atomic E-state index is 12.6. The summed E-state index contributed by atoms with van der Waals surface area (Å²) in [5.74, 6) is 0.198. The van der Waals surface area contributed by atoms with Crippen LogP contribution in [0.4, 0.5) is 5.69 Å². The molecule has 144 valence electrons. The Kier molecular flexibility index (Phi) is 6.04. The van der Waals surface area contributed by atoms with Gasteiger partial charge in [0, 0.05) is 11.8 Å². The Bertz CT molecular complexity index is 940. The van der Waals surface area contributed by atoms with Crippen LogP contribution in [0.5, 0.6) is 5.75 Å². The SMILES string of the molecule is CNS(=O)(=O)c1ccc(Cl)c(C(=O)Nc2cccc(OC3CCCC3)c2)c1. The summed E-state index contributed by atoms with van der Waals surface area (Å²) in [6.07, 6.45) is 4.64. The standard InChI is InChI=1S/C19H21ClN2O4S/c1-21-27(24,25)16-9-10-18(20)17(12-16)19(23)22-13-5-4-8-15(11-13)26-14-6-2-3-7-14/h4-5,8-12,14,21H,2-3,6-7H2,1H3,(H,22,23). The Balaban J connectivity index is 1.78. The first-order valence-corrected chi connectivity index (χ1v) is 10.6. The Morgan fingerprint density at radius 2 is 1.89 bits per heavy atom. The van der Waals surface area contributed by atoms with Gasteiger partial charge in [0.1, 0.15) is 5.75 Å². The molecule has 1 aliphatic rings. The van der Waals surface area contributed by atoms with E-state index in [9.17, 15) is 13.2 Å². The van der Waals surface area contributed by atoms with Crippen LogP contribution in [-0.2, 0) is 10.0 Å². The van der Waals surface area contributed by atoms with E-state index in [0.717, 1.165) is 12.8 Å². The van der Waals surface area contributed by atoms with Crippen LogP contribution >= 0.6 is 11.6 Å². The predicted octanol–water partition coefficient (Wildman–Crippen LogP) is 3.82. The van der Waals surface area contributed by atoms with Gasteiger partial charge in [-0.2, -0.15) is 0 Å². The fourth-order valence-electron chi connectivity index (χ4n) is 3.01. The maximum atomic E-state index is 12.6. The molecule has 0 aromatic heterocycles. The number of amides is 1. The van der Waals surface area contributed by atoms with Crippen LogP contribution in [0.3, 0.4) is 0 Å². The predicted molar refractivity (Wildman–Crippen MR) is 105 cm³/mol. The minimum Gasteiger partial charge on any atom is -0.490 e. The van der Waals surface area contributed by atoms with Crippen molar-refractivity contribution in [3.8, 4) is 5.75 Å². The highest BCUT2D eigenvalue weighted by molar-refractivity contribution is 7.89. The molecule has 6 nitrogen and oxygen atoms in total. The van der Waals surface area contributed by atoms with Crippen LogP contribution in [0.15, 0.2) is 47.4 Å². The molecule has 1 aliphatic carbocycles. The average Bonchev–Trinajstić information content (AvgIpc) is 3.15. The van der Waals surface area contributed by atoms with E-state index in [1.54, 1.807) is 18.2 Å². The van der Waals surface area contributed by atoms with E-state index in [4.69, 9.17) is 16.3 Å². The number of halogens is 1. The first kappa shape index (κ1) is 19.7. The van der Waals surface area contributed by atoms with Gasteiger partial charge in [0.2, 0.25) is 10.0 Å². The largest absolute Gasteiger partial charge is 0.490 e. The molecular weight excluding hydrogens is 388 g/mol. The molecule has 2 aromatic carbocycles. The highest BCUT2D eigenvalue weighted by Crippen LogP contribution is 2.27. The van der Waals surface area contributed by atoms with Crippen LogP contribution in [0.1, 0.15) is 36.0 Å². The normalized spacial score (nSPS) is 14.9. The highest BCUT2D eigenvalue weighted by Gasteiger charge is 2.19. The lowest BCUT2D eigenvalue weighted by Gasteiger charge is -2.14. The van der Waals surface area contributed by atoms with Gasteiger partial charge in [-0.15, -0.1) is 0 Å². The number of carbonyl (C=O) groups is 1. The highest BCUT2D eigenvalue weighted by atomic mass is 35.5. The third-order valence-corrected chi connectivity index (χ3v) is 6.20. The molecular formula is C19H21ClN2O4S. The first-order chi connectivity index (χ1) is 12.9. The van der Waals surface area contributed by atoms with Gasteiger partial charge in [0.25, 0.3) is 5.91 Å². The molecule has 1 fully saturated rings. The number of rotatable bonds is 6. The van der Waals surface area contributed by atoms with Crippen LogP contribution in [-0.4, -0.2) is 27.5 Å². The van der Waals surface area contributed by atoms with Crippen molar-refractivity contribution >= 4 is 33.2 Å². The molecule has 0 bridgehead atoms. The number of hydrogen-bond acceptors (Lipinski definition) is 4. The summed E-state index contributed by atoms with van der Waals surface area (Å²) < 4.78 is 32.1. The summed E-state index contributed by atoms with van der Waals surface area (Å²) in [6.45, 7) is 0. The molecule has 2 aromatic rings. The van der Waals surface area contributed by atoms with Gasteiger partial charge in [-0.25, -0.2) is 13.1 Å². The molecule has 1 saturated carbocycles. The van der Waals surface area contributed by atoms with Crippen LogP contribution in [0.25, 0.3) is 0 Å². The summed E-state index contributed by atoms with van der Waals surface area (Å²) in [5, 5.41) is 2.91. The average molecular weight is 409 g/mol. The minimum atomic E-state index is -3.67. The van der Waals surface area contributed by atoms with Gasteiger partial charge < -0.3 is 10.1 Å². The Labute approximate surface area is 163 Å². The van der Waals surface area contributed by atoms with Crippen LogP contribution < -0.4 is 14.8 Å². The number of anilines is 1. The fraction of sp³-hybridized carbons (Fsp3) is 0.316. The fourth-order valence-corrected chi connectivity index (χ4v) is 3.97. The molecule has 0 aliphatic heterocycles. The molecule has 0 unspecified atom stereocenters. The van der Waals surface area contributed by atoms with Gasteiger partial charge in [0.15, 0.2) is 0 Å². The lowest BCUT2D eigenvalue weighted by molar-refractivity contribution is 0.102. The van der Waals surface area contributed by atoms with Crippen molar-refractivity contribution in [2.24, 2.45) is 0 Å². The zero-order chi connectivity index (χ0) is 19.4. The summed E-state index contributed by atoms with van der Waals surface area (Å²) in [4.78, 5) is 12.6. The van der Waals surface area contributed by atoms with Gasteiger partial charge in [-0.3, -0.25) is 4.79 Å². The molecule has 27 heavy (non-hydrogen) atoms. The lowest BCUT2D eigenvalue weighted by atomic mass is 10.2. The lowest BCUT2D eigenvalue weighted by Crippen LogP contribution is -2.20. The molecule has 8 heteroatoms. The number of carbonyl (C=O) groups excluding carboxylic acids is 1. The minimum absolute atomic E-state index is 0.0298. The molecule has 2 N–H and O–H groups in total. The van der Waals surface area contributed by atoms with Crippen LogP contribution in [0, 0.1) is 0 Å². The van der Waals surface area contributed by atoms with Crippen molar-refractivity contribution in [2.75, 3.05) is 12.4 Å². The van der Waals surface area contributed by atoms with E-state index < -0.39 is 15.9 Å². The number of hydrogen-bond donors (Lipinski definition) is 2. The third kappa shape index (κ3) is 4.80. The maximum Gasteiger partial charge on any atom is 0.257 e. The van der Waals surface area contributed by atoms with E-state index in [0.29, 0.717) is 11.4 Å².